The number of aliphatic carboxylic acids is 2. The first kappa shape index (κ1) is 39.8. The Morgan fingerprint density at radius 2 is 0.923 bits per heavy atom. The molecule has 0 amide bonds. The minimum absolute atomic E-state index is 0.160. The third-order valence-electron chi connectivity index (χ3n) is 8.48. The van der Waals surface area contributed by atoms with Crippen LogP contribution in [0.15, 0.2) is 119 Å². The lowest BCUT2D eigenvalue weighted by Gasteiger charge is -2.26. The summed E-state index contributed by atoms with van der Waals surface area (Å²) in [7, 11) is -7.19. The molecule has 6 rings (SSSR count). The topological polar surface area (TPSA) is 201 Å². The molecule has 4 aromatic rings. The molecule has 2 atom stereocenters. The predicted octanol–water partition coefficient (Wildman–Crippen LogP) is 4.64. The molecule has 52 heavy (non-hydrogen) atoms. The van der Waals surface area contributed by atoms with Crippen molar-refractivity contribution in [3.8, 4) is 0 Å². The highest BCUT2D eigenvalue weighted by atomic mass is 32.2. The van der Waals surface area contributed by atoms with Crippen LogP contribution in [0.2, 0.25) is 0 Å². The summed E-state index contributed by atoms with van der Waals surface area (Å²) >= 11 is 0. The van der Waals surface area contributed by atoms with Gasteiger partial charge in [-0.25, -0.2) is 26.4 Å². The maximum Gasteiger partial charge on any atom is 0.328 e. The lowest BCUT2D eigenvalue weighted by Crippen LogP contribution is -2.40. The van der Waals surface area contributed by atoms with Crippen LogP contribution in [-0.4, -0.2) is 64.2 Å². The van der Waals surface area contributed by atoms with Gasteiger partial charge in [0.2, 0.25) is 0 Å². The standard InChI is InChI=1S/2C17H20N2O2S.C4H4O4/c2*1-13-6-10-16(11-7-13)22(20,21)19-12-15(18)9-8-14-4-2-3-5-17(14)19;5-3(6)1-2-4(7)8/h2*2-7,10-11,15H,8-9,12,18H2,1H3;1-2H,(H,5,6)(H,7,8)/b;;2-1+. The second-order valence-electron chi connectivity index (χ2n) is 12.6. The van der Waals surface area contributed by atoms with Crippen LogP contribution in [0.1, 0.15) is 35.1 Å². The number of fused-ring (bicyclic) bond motifs is 2. The number of aryl methyl sites for hydroxylation is 4. The minimum Gasteiger partial charge on any atom is -0.478 e. The van der Waals surface area contributed by atoms with Gasteiger partial charge in [-0.2, -0.15) is 0 Å². The van der Waals surface area contributed by atoms with Crippen molar-refractivity contribution in [1.29, 1.82) is 0 Å². The van der Waals surface area contributed by atoms with E-state index in [2.05, 4.69) is 0 Å². The molecule has 0 spiro atoms. The zero-order valence-electron chi connectivity index (χ0n) is 29.0. The molecule has 2 unspecified atom stereocenters. The Kier molecular flexibility index (Phi) is 13.4. The third kappa shape index (κ3) is 10.3. The molecule has 2 heterocycles. The van der Waals surface area contributed by atoms with E-state index in [0.717, 1.165) is 59.3 Å². The zero-order chi connectivity index (χ0) is 38.1. The summed E-state index contributed by atoms with van der Waals surface area (Å²) in [5.41, 5.74) is 17.8. The van der Waals surface area contributed by atoms with Crippen molar-refractivity contribution in [3.05, 3.63) is 131 Å². The van der Waals surface area contributed by atoms with Crippen molar-refractivity contribution in [2.75, 3.05) is 21.7 Å². The van der Waals surface area contributed by atoms with E-state index in [9.17, 15) is 26.4 Å². The number of rotatable bonds is 6. The van der Waals surface area contributed by atoms with Crippen LogP contribution in [0, 0.1) is 13.8 Å². The van der Waals surface area contributed by atoms with Crippen LogP contribution in [0.25, 0.3) is 0 Å². The summed E-state index contributed by atoms with van der Waals surface area (Å²) < 4.78 is 55.0. The van der Waals surface area contributed by atoms with Gasteiger partial charge in [0.05, 0.1) is 21.2 Å². The number of carbonyl (C=O) groups is 2. The van der Waals surface area contributed by atoms with Gasteiger partial charge in [-0.1, -0.05) is 71.8 Å². The molecule has 2 aliphatic rings. The van der Waals surface area contributed by atoms with Crippen molar-refractivity contribution >= 4 is 43.4 Å². The van der Waals surface area contributed by atoms with Gasteiger partial charge < -0.3 is 21.7 Å². The van der Waals surface area contributed by atoms with Crippen LogP contribution < -0.4 is 20.1 Å². The number of carboxylic acid groups (broad SMARTS) is 2. The Labute approximate surface area is 305 Å². The summed E-state index contributed by atoms with van der Waals surface area (Å²) in [6.45, 7) is 4.50. The summed E-state index contributed by atoms with van der Waals surface area (Å²) in [5, 5.41) is 15.6. The molecule has 276 valence electrons. The molecule has 0 aromatic heterocycles. The number of carboxylic acids is 2. The number of nitrogens with two attached hydrogens (primary N) is 2. The van der Waals surface area contributed by atoms with E-state index in [0.29, 0.717) is 35.0 Å². The third-order valence-corrected chi connectivity index (χ3v) is 12.1. The molecule has 0 saturated carbocycles. The van der Waals surface area contributed by atoms with E-state index in [1.807, 2.05) is 86.6 Å². The molecule has 0 saturated heterocycles. The molecule has 0 aliphatic carbocycles. The number of nitrogens with zero attached hydrogens (tertiary/aromatic N) is 2. The highest BCUT2D eigenvalue weighted by Gasteiger charge is 2.31. The van der Waals surface area contributed by atoms with E-state index in [1.165, 1.54) is 8.61 Å². The Balaban J connectivity index is 0.000000193. The second-order valence-corrected chi connectivity index (χ2v) is 16.3. The maximum atomic E-state index is 13.0. The van der Waals surface area contributed by atoms with Gasteiger partial charge in [0.1, 0.15) is 0 Å². The van der Waals surface area contributed by atoms with Gasteiger partial charge in [-0.05, 0) is 87.1 Å². The number of sulfonamides is 2. The van der Waals surface area contributed by atoms with Crippen LogP contribution in [0.5, 0.6) is 0 Å². The molecule has 12 nitrogen and oxygen atoms in total. The van der Waals surface area contributed by atoms with Crippen molar-refractivity contribution in [1.82, 2.24) is 0 Å². The molecule has 0 radical (unpaired) electrons. The maximum absolute atomic E-state index is 13.0. The van der Waals surface area contributed by atoms with E-state index < -0.39 is 32.0 Å². The molecular formula is C38H44N4O8S2. The zero-order valence-corrected chi connectivity index (χ0v) is 30.6. The molecule has 0 fully saturated rings. The Hall–Kier alpha value is -5.02. The highest BCUT2D eigenvalue weighted by molar-refractivity contribution is 7.93. The minimum atomic E-state index is -3.60. The smallest absolute Gasteiger partial charge is 0.328 e. The van der Waals surface area contributed by atoms with Gasteiger partial charge in [0.25, 0.3) is 20.0 Å². The van der Waals surface area contributed by atoms with Gasteiger partial charge in [-0.3, -0.25) is 8.61 Å². The second kappa shape index (κ2) is 17.5. The van der Waals surface area contributed by atoms with Crippen LogP contribution in [-0.2, 0) is 42.5 Å². The molecular weight excluding hydrogens is 705 g/mol. The summed E-state index contributed by atoms with van der Waals surface area (Å²) in [4.78, 5) is 19.7. The first-order valence-corrected chi connectivity index (χ1v) is 19.5. The van der Waals surface area contributed by atoms with Crippen molar-refractivity contribution in [2.45, 2.75) is 61.4 Å². The summed E-state index contributed by atoms with van der Waals surface area (Å²) in [5.74, 6) is -2.51. The van der Waals surface area contributed by atoms with Gasteiger partial charge in [0.15, 0.2) is 0 Å². The monoisotopic (exact) mass is 748 g/mol. The van der Waals surface area contributed by atoms with E-state index in [4.69, 9.17) is 21.7 Å². The van der Waals surface area contributed by atoms with Crippen LogP contribution in [0.4, 0.5) is 11.4 Å². The molecule has 4 aromatic carbocycles. The number of hydrogen-bond donors (Lipinski definition) is 4. The SMILES string of the molecule is Cc1ccc(S(=O)(=O)N2CC(N)CCc3ccccc32)cc1.Cc1ccc(S(=O)(=O)N2CC(N)CCc3ccccc32)cc1.O=C(O)/C=C/C(=O)O. The summed E-state index contributed by atoms with van der Waals surface area (Å²) in [6, 6.07) is 28.9. The Morgan fingerprint density at radius 3 is 1.25 bits per heavy atom. The first-order valence-electron chi connectivity index (χ1n) is 16.6. The van der Waals surface area contributed by atoms with Gasteiger partial charge in [0, 0.05) is 37.3 Å². The van der Waals surface area contributed by atoms with Crippen molar-refractivity contribution in [3.63, 3.8) is 0 Å². The fourth-order valence-corrected chi connectivity index (χ4v) is 8.81. The number of hydrogen-bond acceptors (Lipinski definition) is 8. The van der Waals surface area contributed by atoms with E-state index >= 15 is 0 Å². The van der Waals surface area contributed by atoms with Gasteiger partial charge >= 0.3 is 11.9 Å². The van der Waals surface area contributed by atoms with E-state index in [1.54, 1.807) is 24.3 Å². The average Bonchev–Trinajstić information content (AvgIpc) is 3.40. The molecule has 14 heteroatoms. The Bertz CT molecular complexity index is 1950. The fraction of sp³-hybridized carbons (Fsp3) is 0.263. The molecule has 6 N–H and O–H groups in total. The van der Waals surface area contributed by atoms with E-state index in [-0.39, 0.29) is 12.1 Å². The van der Waals surface area contributed by atoms with Crippen LogP contribution >= 0.6 is 0 Å². The molecule has 0 bridgehead atoms. The average molecular weight is 749 g/mol. The predicted molar refractivity (Wildman–Crippen MR) is 201 cm³/mol. The summed E-state index contributed by atoms with van der Waals surface area (Å²) in [6.07, 6.45) is 4.30. The lowest BCUT2D eigenvalue weighted by molar-refractivity contribution is -0.134. The first-order chi connectivity index (χ1) is 24.6. The number of benzene rings is 4. The fourth-order valence-electron chi connectivity index (χ4n) is 5.69. The highest BCUT2D eigenvalue weighted by Crippen LogP contribution is 2.32. The van der Waals surface area contributed by atoms with Crippen molar-refractivity contribution in [2.24, 2.45) is 11.5 Å². The van der Waals surface area contributed by atoms with Crippen molar-refractivity contribution < 1.29 is 36.6 Å². The van der Waals surface area contributed by atoms with Crippen LogP contribution in [0.3, 0.4) is 0 Å². The van der Waals surface area contributed by atoms with Gasteiger partial charge in [-0.15, -0.1) is 0 Å². The normalized spacial score (nSPS) is 17.2. The Morgan fingerprint density at radius 1 is 0.596 bits per heavy atom. The largest absolute Gasteiger partial charge is 0.478 e. The quantitative estimate of drug-likeness (QED) is 0.201. The number of anilines is 2. The number of para-hydroxylation sites is 2. The molecule has 2 aliphatic heterocycles. The lowest BCUT2D eigenvalue weighted by atomic mass is 10.1.